The monoisotopic (exact) mass is 253 g/mol. The van der Waals surface area contributed by atoms with E-state index in [4.69, 9.17) is 4.52 Å². The summed E-state index contributed by atoms with van der Waals surface area (Å²) in [5, 5.41) is 7.53. The summed E-state index contributed by atoms with van der Waals surface area (Å²) in [5.41, 5.74) is 0.191. The van der Waals surface area contributed by atoms with Gasteiger partial charge in [-0.15, -0.1) is 0 Å². The van der Waals surface area contributed by atoms with Crippen LogP contribution in [0.1, 0.15) is 65.6 Å². The molecule has 0 aromatic carbocycles. The molecule has 0 bridgehead atoms. The van der Waals surface area contributed by atoms with Crippen LogP contribution >= 0.6 is 0 Å². The molecule has 0 aliphatic rings. The third kappa shape index (κ3) is 4.77. The Kier molecular flexibility index (Phi) is 5.32. The van der Waals surface area contributed by atoms with Gasteiger partial charge in [-0.1, -0.05) is 39.8 Å². The Bertz CT molecular complexity index is 354. The standard InChI is InChI=1S/C14H27N3O/c1-7-8-15-11(3)10(2)13-16-12(17-18-13)9-14(4,5)6/h10-11,15H,7-9H2,1-6H3. The van der Waals surface area contributed by atoms with Crippen molar-refractivity contribution < 1.29 is 4.52 Å². The van der Waals surface area contributed by atoms with Gasteiger partial charge in [-0.2, -0.15) is 4.98 Å². The first-order valence-corrected chi connectivity index (χ1v) is 6.89. The highest BCUT2D eigenvalue weighted by Crippen LogP contribution is 2.21. The first kappa shape index (κ1) is 15.2. The fourth-order valence-electron chi connectivity index (χ4n) is 1.76. The van der Waals surface area contributed by atoms with E-state index in [-0.39, 0.29) is 11.3 Å². The largest absolute Gasteiger partial charge is 0.339 e. The van der Waals surface area contributed by atoms with E-state index in [0.717, 1.165) is 31.1 Å². The zero-order valence-corrected chi connectivity index (χ0v) is 12.6. The molecule has 18 heavy (non-hydrogen) atoms. The van der Waals surface area contributed by atoms with Crippen LogP contribution in [0.25, 0.3) is 0 Å². The number of rotatable bonds is 6. The fourth-order valence-corrected chi connectivity index (χ4v) is 1.76. The predicted molar refractivity (Wildman–Crippen MR) is 73.6 cm³/mol. The quantitative estimate of drug-likeness (QED) is 0.846. The molecule has 0 saturated carbocycles. The molecule has 0 radical (unpaired) electrons. The van der Waals surface area contributed by atoms with Gasteiger partial charge in [0, 0.05) is 12.5 Å². The maximum Gasteiger partial charge on any atom is 0.231 e. The molecule has 0 saturated heterocycles. The molecule has 0 aliphatic carbocycles. The van der Waals surface area contributed by atoms with Crippen LogP contribution in [0.4, 0.5) is 0 Å². The van der Waals surface area contributed by atoms with Crippen LogP contribution in [0.3, 0.4) is 0 Å². The van der Waals surface area contributed by atoms with E-state index in [1.807, 2.05) is 0 Å². The van der Waals surface area contributed by atoms with E-state index >= 15 is 0 Å². The third-order valence-corrected chi connectivity index (χ3v) is 3.03. The maximum absolute atomic E-state index is 5.37. The second-order valence-electron chi connectivity index (χ2n) is 6.32. The molecule has 2 unspecified atom stereocenters. The number of aromatic nitrogens is 2. The van der Waals surface area contributed by atoms with Gasteiger partial charge in [0.15, 0.2) is 5.82 Å². The second-order valence-corrected chi connectivity index (χ2v) is 6.32. The molecule has 0 amide bonds. The van der Waals surface area contributed by atoms with Gasteiger partial charge in [-0.05, 0) is 25.3 Å². The molecule has 1 N–H and O–H groups in total. The van der Waals surface area contributed by atoms with Crippen molar-refractivity contribution in [1.82, 2.24) is 15.5 Å². The summed E-state index contributed by atoms with van der Waals surface area (Å²) in [5.74, 6) is 1.80. The average Bonchev–Trinajstić information content (AvgIpc) is 2.70. The van der Waals surface area contributed by atoms with Gasteiger partial charge in [-0.25, -0.2) is 0 Å². The molecular weight excluding hydrogens is 226 g/mol. The SMILES string of the molecule is CCCNC(C)C(C)c1nc(CC(C)(C)C)no1. The summed E-state index contributed by atoms with van der Waals surface area (Å²) in [4.78, 5) is 4.51. The van der Waals surface area contributed by atoms with Crippen molar-refractivity contribution in [3.05, 3.63) is 11.7 Å². The lowest BCUT2D eigenvalue weighted by Crippen LogP contribution is -2.31. The smallest absolute Gasteiger partial charge is 0.231 e. The molecular formula is C14H27N3O. The molecule has 4 nitrogen and oxygen atoms in total. The highest BCUT2D eigenvalue weighted by molar-refractivity contribution is 4.97. The first-order chi connectivity index (χ1) is 8.33. The van der Waals surface area contributed by atoms with Crippen LogP contribution in [-0.4, -0.2) is 22.7 Å². The number of nitrogens with one attached hydrogen (secondary N) is 1. The molecule has 0 fully saturated rings. The minimum Gasteiger partial charge on any atom is -0.339 e. The lowest BCUT2D eigenvalue weighted by atomic mass is 9.92. The minimum atomic E-state index is 0.191. The van der Waals surface area contributed by atoms with Crippen molar-refractivity contribution in [3.63, 3.8) is 0 Å². The molecule has 104 valence electrons. The van der Waals surface area contributed by atoms with Gasteiger partial charge >= 0.3 is 0 Å². The fraction of sp³-hybridized carbons (Fsp3) is 0.857. The summed E-state index contributed by atoms with van der Waals surface area (Å²) in [6.07, 6.45) is 1.98. The van der Waals surface area contributed by atoms with E-state index in [1.54, 1.807) is 0 Å². The van der Waals surface area contributed by atoms with Gasteiger partial charge in [0.2, 0.25) is 5.89 Å². The van der Waals surface area contributed by atoms with E-state index in [2.05, 4.69) is 57.0 Å². The number of nitrogens with zero attached hydrogens (tertiary/aromatic N) is 2. The van der Waals surface area contributed by atoms with Crippen molar-refractivity contribution in [3.8, 4) is 0 Å². The summed E-state index contributed by atoms with van der Waals surface area (Å²) in [7, 11) is 0. The first-order valence-electron chi connectivity index (χ1n) is 6.89. The molecule has 4 heteroatoms. The summed E-state index contributed by atoms with van der Waals surface area (Å²) in [6, 6.07) is 0.355. The highest BCUT2D eigenvalue weighted by atomic mass is 16.5. The molecule has 0 spiro atoms. The second kappa shape index (κ2) is 6.32. The van der Waals surface area contributed by atoms with Gasteiger partial charge in [0.1, 0.15) is 0 Å². The van der Waals surface area contributed by atoms with Gasteiger partial charge in [0.05, 0.1) is 5.92 Å². The van der Waals surface area contributed by atoms with E-state index < -0.39 is 0 Å². The van der Waals surface area contributed by atoms with Crippen LogP contribution < -0.4 is 5.32 Å². The number of hydrogen-bond donors (Lipinski definition) is 1. The Morgan fingerprint density at radius 3 is 2.50 bits per heavy atom. The molecule has 0 aliphatic heterocycles. The minimum absolute atomic E-state index is 0.191. The van der Waals surface area contributed by atoms with Crippen LogP contribution in [0.15, 0.2) is 4.52 Å². The summed E-state index contributed by atoms with van der Waals surface area (Å²) in [6.45, 7) is 14.0. The van der Waals surface area contributed by atoms with Crippen LogP contribution in [-0.2, 0) is 6.42 Å². The van der Waals surface area contributed by atoms with Crippen molar-refractivity contribution in [1.29, 1.82) is 0 Å². The van der Waals surface area contributed by atoms with Crippen molar-refractivity contribution in [2.75, 3.05) is 6.54 Å². The molecule has 2 atom stereocenters. The lowest BCUT2D eigenvalue weighted by Gasteiger charge is -2.17. The number of hydrogen-bond acceptors (Lipinski definition) is 4. The topological polar surface area (TPSA) is 51.0 Å². The van der Waals surface area contributed by atoms with Crippen molar-refractivity contribution in [2.45, 2.75) is 66.3 Å². The Balaban J connectivity index is 2.61. The molecule has 1 heterocycles. The van der Waals surface area contributed by atoms with Gasteiger partial charge in [0.25, 0.3) is 0 Å². The highest BCUT2D eigenvalue weighted by Gasteiger charge is 2.22. The van der Waals surface area contributed by atoms with Gasteiger partial charge < -0.3 is 9.84 Å². The Hall–Kier alpha value is -0.900. The predicted octanol–water partition coefficient (Wildman–Crippen LogP) is 3.15. The van der Waals surface area contributed by atoms with Crippen LogP contribution in [0, 0.1) is 5.41 Å². The Labute approximate surface area is 111 Å². The Morgan fingerprint density at radius 2 is 1.94 bits per heavy atom. The van der Waals surface area contributed by atoms with E-state index in [0.29, 0.717) is 6.04 Å². The maximum atomic E-state index is 5.37. The van der Waals surface area contributed by atoms with Crippen molar-refractivity contribution >= 4 is 0 Å². The summed E-state index contributed by atoms with van der Waals surface area (Å²) < 4.78 is 5.37. The lowest BCUT2D eigenvalue weighted by molar-refractivity contribution is 0.322. The van der Waals surface area contributed by atoms with Crippen LogP contribution in [0.5, 0.6) is 0 Å². The Morgan fingerprint density at radius 1 is 1.28 bits per heavy atom. The van der Waals surface area contributed by atoms with Gasteiger partial charge in [-0.3, -0.25) is 0 Å². The van der Waals surface area contributed by atoms with Crippen LogP contribution in [0.2, 0.25) is 0 Å². The van der Waals surface area contributed by atoms with E-state index in [9.17, 15) is 0 Å². The molecule has 1 aromatic heterocycles. The van der Waals surface area contributed by atoms with E-state index in [1.165, 1.54) is 0 Å². The molecule has 1 rings (SSSR count). The summed E-state index contributed by atoms with van der Waals surface area (Å²) >= 11 is 0. The molecule has 1 aromatic rings. The van der Waals surface area contributed by atoms with Crippen molar-refractivity contribution in [2.24, 2.45) is 5.41 Å². The zero-order valence-electron chi connectivity index (χ0n) is 12.6. The zero-order chi connectivity index (χ0) is 13.8. The average molecular weight is 253 g/mol. The third-order valence-electron chi connectivity index (χ3n) is 3.03. The normalized spacial score (nSPS) is 15.7.